The Morgan fingerprint density at radius 3 is 2.44 bits per heavy atom. The second kappa shape index (κ2) is 13.7. The van der Waals surface area contributed by atoms with E-state index >= 15 is 0 Å². The van der Waals surface area contributed by atoms with Crippen molar-refractivity contribution in [2.75, 3.05) is 6.79 Å². The summed E-state index contributed by atoms with van der Waals surface area (Å²) in [7, 11) is 0. The van der Waals surface area contributed by atoms with Gasteiger partial charge in [-0.25, -0.2) is 8.78 Å². The number of nitrogens with one attached hydrogen (secondary N) is 2. The average Bonchev–Trinajstić information content (AvgIpc) is 3.64. The summed E-state index contributed by atoms with van der Waals surface area (Å²) in [5.41, 5.74) is 4.02. The molecule has 2 aromatic rings. The zero-order valence-corrected chi connectivity index (χ0v) is 24.2. The van der Waals surface area contributed by atoms with Crippen LogP contribution in [0.25, 0.3) is 6.08 Å². The normalized spacial score (nSPS) is 30.8. The minimum absolute atomic E-state index is 0.00414. The number of hydrogen-bond donors (Lipinski definition) is 7. The number of rotatable bonds is 9. The van der Waals surface area contributed by atoms with Crippen molar-refractivity contribution >= 4 is 12.0 Å². The summed E-state index contributed by atoms with van der Waals surface area (Å²) < 4.78 is 48.3. The summed E-state index contributed by atoms with van der Waals surface area (Å²) >= 11 is 0. The van der Waals surface area contributed by atoms with Crippen LogP contribution in [0.1, 0.15) is 31.4 Å². The van der Waals surface area contributed by atoms with Crippen LogP contribution >= 0.6 is 0 Å². The number of phenols is 1. The molecule has 244 valence electrons. The van der Waals surface area contributed by atoms with Gasteiger partial charge >= 0.3 is 0 Å². The maximum atomic E-state index is 13.4. The number of halogens is 2. The van der Waals surface area contributed by atoms with E-state index in [0.717, 1.165) is 12.1 Å². The summed E-state index contributed by atoms with van der Waals surface area (Å²) in [6.07, 6.45) is -6.76. The number of hydrogen-bond acceptors (Lipinski definition) is 12. The van der Waals surface area contributed by atoms with Crippen LogP contribution in [0.2, 0.25) is 0 Å². The molecular formula is C30H34F2N2O11. The standard InChI is InChI=1S/C30H34F2N2O11/c1-13(29(40)33-23-24(37)26(39)28-27(25(23)38)41-12-42-28)7-15-4-6-21(19(35)9-15)44-30-20(36)10-22(45-30)14(2)34-43-11-16-3-5-17(31)18(32)8-16/h3-9,20,23-28,30,34-39H,10-12H2,1-2H3,(H,33,40)/t20-,23+,24-,25+,26+,27-,28+,30+/m0/s1. The number of aliphatic hydroxyl groups excluding tert-OH is 4. The van der Waals surface area contributed by atoms with Crippen LogP contribution in [0, 0.1) is 11.6 Å². The number of fused-ring (bicyclic) bond motifs is 1. The number of benzene rings is 2. The van der Waals surface area contributed by atoms with Crippen LogP contribution in [0.15, 0.2) is 53.4 Å². The number of hydroxylamine groups is 1. The second-order valence-electron chi connectivity index (χ2n) is 11.0. The fraction of sp³-hybridized carbons (Fsp3) is 0.433. The van der Waals surface area contributed by atoms with Crippen molar-refractivity contribution in [1.82, 2.24) is 10.8 Å². The van der Waals surface area contributed by atoms with Gasteiger partial charge in [-0.2, -0.15) is 0 Å². The minimum Gasteiger partial charge on any atom is -0.504 e. The van der Waals surface area contributed by atoms with Crippen LogP contribution in [0.4, 0.5) is 8.78 Å². The van der Waals surface area contributed by atoms with Crippen LogP contribution in [-0.2, 0) is 30.4 Å². The zero-order chi connectivity index (χ0) is 32.4. The minimum atomic E-state index is -1.50. The Kier molecular flexibility index (Phi) is 9.88. The van der Waals surface area contributed by atoms with Gasteiger partial charge in [-0.15, -0.1) is 0 Å². The number of aliphatic hydroxyl groups is 4. The van der Waals surface area contributed by atoms with Crippen molar-refractivity contribution in [2.45, 2.75) is 75.8 Å². The molecule has 2 saturated heterocycles. The SMILES string of the molecule is CC(=Cc1ccc(O[C@@H]2OC(=C(C)NOCc3ccc(F)c(F)c3)C[C@@H]2O)c(O)c1)C(=O)N[C@@H]1[C@H](O)[C@@H](O)[C@H]2OCO[C@H]2[C@@H]1O. The molecule has 2 heterocycles. The quantitative estimate of drug-likeness (QED) is 0.152. The van der Waals surface area contributed by atoms with Crippen molar-refractivity contribution in [3.05, 3.63) is 76.2 Å². The molecule has 2 aromatic carbocycles. The first-order chi connectivity index (χ1) is 21.4. The Bertz CT molecular complexity index is 1470. The van der Waals surface area contributed by atoms with Gasteiger partial charge in [0.1, 0.15) is 49.2 Å². The molecule has 15 heteroatoms. The van der Waals surface area contributed by atoms with Crippen molar-refractivity contribution < 1.29 is 62.9 Å². The Morgan fingerprint density at radius 2 is 1.73 bits per heavy atom. The summed E-state index contributed by atoms with van der Waals surface area (Å²) in [5.74, 6) is -2.58. The lowest BCUT2D eigenvalue weighted by atomic mass is 9.83. The van der Waals surface area contributed by atoms with Gasteiger partial charge in [0, 0.05) is 12.0 Å². The predicted molar refractivity (Wildman–Crippen MR) is 149 cm³/mol. The molecular weight excluding hydrogens is 602 g/mol. The Labute approximate surface area is 256 Å². The Balaban J connectivity index is 1.16. The third kappa shape index (κ3) is 7.20. The molecule has 45 heavy (non-hydrogen) atoms. The maximum Gasteiger partial charge on any atom is 0.266 e. The monoisotopic (exact) mass is 636 g/mol. The molecule has 2 aliphatic heterocycles. The zero-order valence-electron chi connectivity index (χ0n) is 24.2. The number of amides is 1. The molecule has 0 bridgehead atoms. The molecule has 1 amide bonds. The first-order valence-corrected chi connectivity index (χ1v) is 14.1. The number of ether oxygens (including phenoxy) is 4. The molecule has 0 aromatic heterocycles. The van der Waals surface area contributed by atoms with E-state index in [-0.39, 0.29) is 36.9 Å². The predicted octanol–water partition coefficient (Wildman–Crippen LogP) is 0.835. The Morgan fingerprint density at radius 1 is 1.00 bits per heavy atom. The van der Waals surface area contributed by atoms with Gasteiger partial charge in [0.25, 0.3) is 6.29 Å². The molecule has 3 fully saturated rings. The highest BCUT2D eigenvalue weighted by Gasteiger charge is 2.53. The van der Waals surface area contributed by atoms with Crippen LogP contribution in [-0.4, -0.2) is 87.2 Å². The van der Waals surface area contributed by atoms with Gasteiger partial charge in [0.2, 0.25) is 5.91 Å². The third-order valence-electron chi connectivity index (χ3n) is 7.70. The van der Waals surface area contributed by atoms with E-state index in [1.165, 1.54) is 31.2 Å². The topological polar surface area (TPSA) is 188 Å². The second-order valence-corrected chi connectivity index (χ2v) is 11.0. The van der Waals surface area contributed by atoms with Crippen molar-refractivity contribution in [2.24, 2.45) is 0 Å². The number of carbonyl (C=O) groups excluding carboxylic acids is 1. The van der Waals surface area contributed by atoms with Crippen molar-refractivity contribution in [3.63, 3.8) is 0 Å². The molecule has 13 nitrogen and oxygen atoms in total. The van der Waals surface area contributed by atoms with Crippen LogP contribution in [0.3, 0.4) is 0 Å². The van der Waals surface area contributed by atoms with E-state index in [9.17, 15) is 39.1 Å². The fourth-order valence-electron chi connectivity index (χ4n) is 5.20. The number of allylic oxidation sites excluding steroid dienone is 1. The molecule has 0 unspecified atom stereocenters. The summed E-state index contributed by atoms with van der Waals surface area (Å²) in [6.45, 7) is 2.89. The van der Waals surface area contributed by atoms with E-state index < -0.39 is 66.5 Å². The molecule has 8 atom stereocenters. The van der Waals surface area contributed by atoms with Crippen molar-refractivity contribution in [3.8, 4) is 11.5 Å². The first-order valence-electron chi connectivity index (χ1n) is 14.1. The summed E-state index contributed by atoms with van der Waals surface area (Å²) in [5, 5.41) is 54.9. The highest BCUT2D eigenvalue weighted by Crippen LogP contribution is 2.34. The van der Waals surface area contributed by atoms with Crippen LogP contribution in [0.5, 0.6) is 11.5 Å². The largest absolute Gasteiger partial charge is 0.504 e. The highest BCUT2D eigenvalue weighted by molar-refractivity contribution is 5.97. The lowest BCUT2D eigenvalue weighted by Gasteiger charge is -2.41. The number of phenolic OH excluding ortho intramolecular Hbond substituents is 1. The maximum absolute atomic E-state index is 13.4. The molecule has 1 aliphatic carbocycles. The average molecular weight is 637 g/mol. The smallest absolute Gasteiger partial charge is 0.266 e. The van der Waals surface area contributed by atoms with Gasteiger partial charge in [-0.1, -0.05) is 12.1 Å². The molecule has 1 saturated carbocycles. The van der Waals surface area contributed by atoms with E-state index in [1.807, 2.05) is 0 Å². The first kappa shape index (κ1) is 32.6. The van der Waals surface area contributed by atoms with Gasteiger partial charge in [0.05, 0.1) is 18.3 Å². The van der Waals surface area contributed by atoms with E-state index in [1.54, 1.807) is 13.0 Å². The number of aromatic hydroxyl groups is 1. The third-order valence-corrected chi connectivity index (χ3v) is 7.70. The fourth-order valence-corrected chi connectivity index (χ4v) is 5.20. The summed E-state index contributed by atoms with van der Waals surface area (Å²) in [4.78, 5) is 18.2. The van der Waals surface area contributed by atoms with Gasteiger partial charge < -0.3 is 49.8 Å². The van der Waals surface area contributed by atoms with E-state index in [4.69, 9.17) is 23.8 Å². The number of carbonyl (C=O) groups is 1. The molecule has 0 spiro atoms. The molecule has 0 radical (unpaired) electrons. The van der Waals surface area contributed by atoms with Crippen LogP contribution < -0.4 is 15.5 Å². The van der Waals surface area contributed by atoms with Gasteiger partial charge in [-0.05, 0) is 55.3 Å². The van der Waals surface area contributed by atoms with E-state index in [2.05, 4.69) is 10.8 Å². The molecule has 3 aliphatic rings. The molecule has 5 rings (SSSR count). The lowest BCUT2D eigenvalue weighted by Crippen LogP contribution is -2.67. The van der Waals surface area contributed by atoms with E-state index in [0.29, 0.717) is 22.6 Å². The Hall–Kier alpha value is -3.83. The van der Waals surface area contributed by atoms with Gasteiger partial charge in [0.15, 0.2) is 23.1 Å². The highest BCUT2D eigenvalue weighted by atomic mass is 19.2. The van der Waals surface area contributed by atoms with Gasteiger partial charge in [-0.3, -0.25) is 15.1 Å². The molecule has 7 N–H and O–H groups in total. The van der Waals surface area contributed by atoms with Crippen molar-refractivity contribution in [1.29, 1.82) is 0 Å². The summed E-state index contributed by atoms with van der Waals surface area (Å²) in [6, 6.07) is 6.46. The lowest BCUT2D eigenvalue weighted by molar-refractivity contribution is -0.155.